The summed E-state index contributed by atoms with van der Waals surface area (Å²) < 4.78 is 22.7. The van der Waals surface area contributed by atoms with E-state index >= 15 is 0 Å². The molecule has 1 unspecified atom stereocenters. The molecule has 2 heterocycles. The summed E-state index contributed by atoms with van der Waals surface area (Å²) in [6.07, 6.45) is 1.96. The van der Waals surface area contributed by atoms with Crippen molar-refractivity contribution in [2.45, 2.75) is 32.2 Å². The molecule has 6 heteroatoms. The van der Waals surface area contributed by atoms with Crippen LogP contribution in [0.5, 0.6) is 0 Å². The Labute approximate surface area is 102 Å². The molecule has 0 aromatic carbocycles. The van der Waals surface area contributed by atoms with E-state index in [0.717, 1.165) is 6.54 Å². The minimum absolute atomic E-state index is 0.248. The maximum absolute atomic E-state index is 11.3. The number of likely N-dealkylation sites (tertiary alicyclic amines) is 1. The van der Waals surface area contributed by atoms with Gasteiger partial charge in [-0.05, 0) is 32.7 Å². The van der Waals surface area contributed by atoms with Crippen LogP contribution in [0.3, 0.4) is 0 Å². The Balaban J connectivity index is 1.96. The van der Waals surface area contributed by atoms with Crippen LogP contribution < -0.4 is 0 Å². The normalized spacial score (nSPS) is 34.9. The fourth-order valence-electron chi connectivity index (χ4n) is 2.73. The molecule has 1 atom stereocenters. The number of hydrogen-bond donors (Lipinski definition) is 1. The van der Waals surface area contributed by atoms with Gasteiger partial charge < -0.3 is 5.11 Å². The average Bonchev–Trinajstić information content (AvgIpc) is 2.62. The summed E-state index contributed by atoms with van der Waals surface area (Å²) in [5, 5.41) is 9.15. The minimum atomic E-state index is -2.83. The number of hydrogen-bond acceptors (Lipinski definition) is 4. The van der Waals surface area contributed by atoms with Crippen LogP contribution in [0.4, 0.5) is 0 Å². The van der Waals surface area contributed by atoms with Crippen molar-refractivity contribution in [2.75, 3.05) is 24.6 Å². The topological polar surface area (TPSA) is 74.7 Å². The number of sulfone groups is 1. The predicted octanol–water partition coefficient (Wildman–Crippen LogP) is 0.360. The lowest BCUT2D eigenvalue weighted by Crippen LogP contribution is -2.41. The standard InChI is InChI=1S/C11H19NO4S/c1-11(10(13)14)4-5-12(8-11)9-2-6-17(15,16)7-3-9/h9H,2-8H2,1H3,(H,13,14). The zero-order valence-electron chi connectivity index (χ0n) is 10.1. The molecular formula is C11H19NO4S. The highest BCUT2D eigenvalue weighted by molar-refractivity contribution is 7.91. The van der Waals surface area contributed by atoms with Gasteiger partial charge in [0.05, 0.1) is 16.9 Å². The quantitative estimate of drug-likeness (QED) is 0.777. The first kappa shape index (κ1) is 12.8. The van der Waals surface area contributed by atoms with Gasteiger partial charge in [0, 0.05) is 12.6 Å². The van der Waals surface area contributed by atoms with Gasteiger partial charge >= 0.3 is 5.97 Å². The van der Waals surface area contributed by atoms with Crippen LogP contribution in [0.2, 0.25) is 0 Å². The summed E-state index contributed by atoms with van der Waals surface area (Å²) in [4.78, 5) is 13.3. The van der Waals surface area contributed by atoms with Crippen molar-refractivity contribution in [3.05, 3.63) is 0 Å². The van der Waals surface area contributed by atoms with Crippen molar-refractivity contribution in [3.63, 3.8) is 0 Å². The van der Waals surface area contributed by atoms with E-state index in [0.29, 0.717) is 25.8 Å². The minimum Gasteiger partial charge on any atom is -0.481 e. The molecular weight excluding hydrogens is 242 g/mol. The lowest BCUT2D eigenvalue weighted by molar-refractivity contribution is -0.147. The van der Waals surface area contributed by atoms with Gasteiger partial charge in [0.1, 0.15) is 9.84 Å². The van der Waals surface area contributed by atoms with Gasteiger partial charge in [0.2, 0.25) is 0 Å². The number of carboxylic acids is 1. The second-order valence-corrected chi connectivity index (χ2v) is 7.77. The lowest BCUT2D eigenvalue weighted by Gasteiger charge is -2.31. The molecule has 0 aliphatic carbocycles. The van der Waals surface area contributed by atoms with Crippen LogP contribution in [0, 0.1) is 5.41 Å². The molecule has 98 valence electrons. The van der Waals surface area contributed by atoms with Crippen LogP contribution in [-0.4, -0.2) is 55.0 Å². The molecule has 0 aromatic heterocycles. The summed E-state index contributed by atoms with van der Waals surface area (Å²) in [6, 6.07) is 0.250. The fourth-order valence-corrected chi connectivity index (χ4v) is 4.19. The first-order chi connectivity index (χ1) is 7.82. The SMILES string of the molecule is CC1(C(=O)O)CCN(C2CCS(=O)(=O)CC2)C1. The van der Waals surface area contributed by atoms with E-state index < -0.39 is 21.2 Å². The molecule has 2 aliphatic heterocycles. The lowest BCUT2D eigenvalue weighted by atomic mass is 9.90. The third kappa shape index (κ3) is 2.63. The van der Waals surface area contributed by atoms with Crippen LogP contribution in [-0.2, 0) is 14.6 Å². The molecule has 2 rings (SSSR count). The van der Waals surface area contributed by atoms with Crippen molar-refractivity contribution in [2.24, 2.45) is 5.41 Å². The molecule has 1 N–H and O–H groups in total. The van der Waals surface area contributed by atoms with Crippen LogP contribution in [0.15, 0.2) is 0 Å². The van der Waals surface area contributed by atoms with Gasteiger partial charge in [0.15, 0.2) is 0 Å². The van der Waals surface area contributed by atoms with Crippen LogP contribution in [0.1, 0.15) is 26.2 Å². The number of nitrogens with zero attached hydrogens (tertiary/aromatic N) is 1. The highest BCUT2D eigenvalue weighted by Crippen LogP contribution is 2.33. The number of carbonyl (C=O) groups is 1. The first-order valence-corrected chi connectivity index (χ1v) is 7.82. The molecule has 5 nitrogen and oxygen atoms in total. The largest absolute Gasteiger partial charge is 0.481 e. The average molecular weight is 261 g/mol. The van der Waals surface area contributed by atoms with Gasteiger partial charge in [-0.15, -0.1) is 0 Å². The molecule has 0 amide bonds. The van der Waals surface area contributed by atoms with Gasteiger partial charge in [-0.2, -0.15) is 0 Å². The smallest absolute Gasteiger partial charge is 0.310 e. The number of rotatable bonds is 2. The Kier molecular flexibility index (Phi) is 3.20. The third-order valence-corrected chi connectivity index (χ3v) is 5.78. The van der Waals surface area contributed by atoms with E-state index in [2.05, 4.69) is 4.90 Å². The third-order valence-electron chi connectivity index (χ3n) is 4.06. The Morgan fingerprint density at radius 2 is 1.94 bits per heavy atom. The molecule has 17 heavy (non-hydrogen) atoms. The van der Waals surface area contributed by atoms with Crippen molar-refractivity contribution < 1.29 is 18.3 Å². The van der Waals surface area contributed by atoms with Gasteiger partial charge in [-0.3, -0.25) is 9.69 Å². The summed E-state index contributed by atoms with van der Waals surface area (Å²) in [6.45, 7) is 3.09. The summed E-state index contributed by atoms with van der Waals surface area (Å²) in [5.41, 5.74) is -0.656. The molecule has 0 bridgehead atoms. The molecule has 0 saturated carbocycles. The highest BCUT2D eigenvalue weighted by Gasteiger charge is 2.43. The number of aliphatic carboxylic acids is 1. The molecule has 0 aromatic rings. The van der Waals surface area contributed by atoms with Crippen molar-refractivity contribution in [1.82, 2.24) is 4.90 Å². The molecule has 0 spiro atoms. The van der Waals surface area contributed by atoms with E-state index in [1.807, 2.05) is 0 Å². The van der Waals surface area contributed by atoms with Gasteiger partial charge in [-0.25, -0.2) is 8.42 Å². The van der Waals surface area contributed by atoms with Gasteiger partial charge in [-0.1, -0.05) is 0 Å². The highest BCUT2D eigenvalue weighted by atomic mass is 32.2. The maximum Gasteiger partial charge on any atom is 0.310 e. The monoisotopic (exact) mass is 261 g/mol. The van der Waals surface area contributed by atoms with E-state index in [4.69, 9.17) is 5.11 Å². The second-order valence-electron chi connectivity index (χ2n) is 5.47. The number of carboxylic acid groups (broad SMARTS) is 1. The van der Waals surface area contributed by atoms with Gasteiger partial charge in [0.25, 0.3) is 0 Å². The Bertz CT molecular complexity index is 405. The zero-order valence-corrected chi connectivity index (χ0v) is 10.9. The summed E-state index contributed by atoms with van der Waals surface area (Å²) >= 11 is 0. The fraction of sp³-hybridized carbons (Fsp3) is 0.909. The van der Waals surface area contributed by atoms with E-state index in [1.54, 1.807) is 6.92 Å². The Morgan fingerprint density at radius 3 is 2.41 bits per heavy atom. The maximum atomic E-state index is 11.3. The molecule has 2 saturated heterocycles. The van der Waals surface area contributed by atoms with E-state index in [1.165, 1.54) is 0 Å². The first-order valence-electron chi connectivity index (χ1n) is 6.00. The van der Waals surface area contributed by atoms with Crippen molar-refractivity contribution in [3.8, 4) is 0 Å². The van der Waals surface area contributed by atoms with E-state index in [9.17, 15) is 13.2 Å². The summed E-state index contributed by atoms with van der Waals surface area (Å²) in [5.74, 6) is -0.251. The van der Waals surface area contributed by atoms with Crippen LogP contribution >= 0.6 is 0 Å². The Morgan fingerprint density at radius 1 is 1.35 bits per heavy atom. The molecule has 2 aliphatic rings. The Hall–Kier alpha value is -0.620. The second kappa shape index (κ2) is 4.24. The zero-order chi connectivity index (χ0) is 12.7. The molecule has 2 fully saturated rings. The van der Waals surface area contributed by atoms with Crippen LogP contribution in [0.25, 0.3) is 0 Å². The van der Waals surface area contributed by atoms with Crippen molar-refractivity contribution in [1.29, 1.82) is 0 Å². The molecule has 0 radical (unpaired) electrons. The predicted molar refractivity (Wildman–Crippen MR) is 63.6 cm³/mol. The van der Waals surface area contributed by atoms with Crippen molar-refractivity contribution >= 4 is 15.8 Å². The summed E-state index contributed by atoms with van der Waals surface area (Å²) in [7, 11) is -2.83. The van der Waals surface area contributed by atoms with E-state index in [-0.39, 0.29) is 17.5 Å².